The van der Waals surface area contributed by atoms with E-state index in [2.05, 4.69) is 0 Å². The lowest BCUT2D eigenvalue weighted by atomic mass is 9.44. The maximum Gasteiger partial charge on any atom is 0.309 e. The van der Waals surface area contributed by atoms with E-state index < -0.39 is 58.4 Å². The second-order valence-electron chi connectivity index (χ2n) is 15.1. The van der Waals surface area contributed by atoms with Crippen LogP contribution >= 0.6 is 0 Å². The molecule has 0 amide bonds. The van der Waals surface area contributed by atoms with Crippen molar-refractivity contribution < 1.29 is 38.5 Å². The van der Waals surface area contributed by atoms with Gasteiger partial charge in [0.05, 0.1) is 12.0 Å². The van der Waals surface area contributed by atoms with Crippen molar-refractivity contribution in [3.05, 3.63) is 23.8 Å². The molecule has 0 aromatic carbocycles. The lowest BCUT2D eigenvalue weighted by Gasteiger charge is -2.62. The van der Waals surface area contributed by atoms with Gasteiger partial charge in [0.1, 0.15) is 11.4 Å². The van der Waals surface area contributed by atoms with E-state index >= 15 is 4.39 Å². The summed E-state index contributed by atoms with van der Waals surface area (Å²) >= 11 is 0. The van der Waals surface area contributed by atoms with Gasteiger partial charge < -0.3 is 14.9 Å². The third kappa shape index (κ3) is 4.39. The van der Waals surface area contributed by atoms with E-state index in [0.717, 1.165) is 25.7 Å². The summed E-state index contributed by atoms with van der Waals surface area (Å²) in [7, 11) is 0. The van der Waals surface area contributed by atoms with Crippen LogP contribution in [-0.2, 0) is 23.9 Å². The smallest absolute Gasteiger partial charge is 0.309 e. The molecule has 8 heteroatoms. The molecule has 43 heavy (non-hydrogen) atoms. The SMILES string of the molecule is C[C@@H]1C[C@H]2[C@@H]3CCC4=CC(=O)C=C[C@]4(C)[C@@]3(F)[C@@H](O)C[C@]2(C)[C@@]1(O)C(=O)COC(=O)[C@H]1CC[C@H](C(=O)C2CCCC2)CC1. The number of rotatable bonds is 6. The number of ether oxygens (including phenoxy) is 1. The summed E-state index contributed by atoms with van der Waals surface area (Å²) in [4.78, 5) is 51.7. The van der Waals surface area contributed by atoms with Crippen LogP contribution in [0.3, 0.4) is 0 Å². The highest BCUT2D eigenvalue weighted by Crippen LogP contribution is 2.70. The molecule has 7 nitrogen and oxygen atoms in total. The van der Waals surface area contributed by atoms with E-state index in [0.29, 0.717) is 56.3 Å². The minimum Gasteiger partial charge on any atom is -0.457 e. The molecule has 0 aromatic heterocycles. The number of fused-ring (bicyclic) bond motifs is 5. The largest absolute Gasteiger partial charge is 0.457 e. The van der Waals surface area contributed by atoms with Crippen molar-refractivity contribution >= 4 is 23.3 Å². The summed E-state index contributed by atoms with van der Waals surface area (Å²) < 4.78 is 22.9. The van der Waals surface area contributed by atoms with E-state index in [4.69, 9.17) is 4.74 Å². The number of ketones is 3. The quantitative estimate of drug-likeness (QED) is 0.413. The predicted molar refractivity (Wildman–Crippen MR) is 156 cm³/mol. The Morgan fingerprint density at radius 3 is 2.28 bits per heavy atom. The van der Waals surface area contributed by atoms with Crippen molar-refractivity contribution in [2.24, 2.45) is 46.3 Å². The van der Waals surface area contributed by atoms with Crippen LogP contribution in [0.1, 0.15) is 97.8 Å². The van der Waals surface area contributed by atoms with Crippen LogP contribution in [0.25, 0.3) is 0 Å². The van der Waals surface area contributed by atoms with E-state index in [-0.39, 0.29) is 35.9 Å². The van der Waals surface area contributed by atoms with Crippen molar-refractivity contribution in [3.8, 4) is 0 Å². The Bertz CT molecular complexity index is 1260. The van der Waals surface area contributed by atoms with Crippen LogP contribution in [0.4, 0.5) is 4.39 Å². The van der Waals surface area contributed by atoms with Gasteiger partial charge in [-0.05, 0) is 95.1 Å². The number of halogens is 1. The zero-order chi connectivity index (χ0) is 30.9. The molecule has 0 spiro atoms. The summed E-state index contributed by atoms with van der Waals surface area (Å²) in [5.74, 6) is -2.62. The van der Waals surface area contributed by atoms with Crippen molar-refractivity contribution in [1.29, 1.82) is 0 Å². The van der Waals surface area contributed by atoms with Crippen LogP contribution in [0.2, 0.25) is 0 Å². The van der Waals surface area contributed by atoms with Crippen LogP contribution < -0.4 is 0 Å². The average Bonchev–Trinajstić information content (AvgIpc) is 3.59. The van der Waals surface area contributed by atoms with Crippen molar-refractivity contribution in [1.82, 2.24) is 0 Å². The minimum absolute atomic E-state index is 0.00396. The van der Waals surface area contributed by atoms with Crippen LogP contribution in [-0.4, -0.2) is 57.5 Å². The van der Waals surface area contributed by atoms with Gasteiger partial charge in [0.15, 0.2) is 18.1 Å². The molecule has 0 aliphatic heterocycles. The molecule has 6 rings (SSSR count). The number of esters is 1. The number of aliphatic hydroxyl groups excluding tert-OH is 1. The maximum absolute atomic E-state index is 17.4. The Labute approximate surface area is 253 Å². The highest BCUT2D eigenvalue weighted by Gasteiger charge is 2.75. The van der Waals surface area contributed by atoms with Crippen molar-refractivity contribution in [3.63, 3.8) is 0 Å². The number of Topliss-reactive ketones (excluding diaryl/α,β-unsaturated/α-hetero) is 2. The molecule has 0 aromatic rings. The van der Waals surface area contributed by atoms with E-state index in [1.165, 1.54) is 12.2 Å². The Morgan fingerprint density at radius 1 is 0.977 bits per heavy atom. The zero-order valence-electron chi connectivity index (χ0n) is 25.8. The fourth-order valence-corrected chi connectivity index (χ4v) is 10.7. The van der Waals surface area contributed by atoms with Crippen molar-refractivity contribution in [2.75, 3.05) is 6.61 Å². The highest BCUT2D eigenvalue weighted by atomic mass is 19.1. The van der Waals surface area contributed by atoms with Gasteiger partial charge in [-0.2, -0.15) is 0 Å². The molecule has 6 aliphatic carbocycles. The lowest BCUT2D eigenvalue weighted by molar-refractivity contribution is -0.220. The molecule has 5 saturated carbocycles. The Hall–Kier alpha value is -2.19. The van der Waals surface area contributed by atoms with Gasteiger partial charge in [-0.15, -0.1) is 0 Å². The first-order chi connectivity index (χ1) is 20.3. The molecular formula is C35H47FO7. The van der Waals surface area contributed by atoms with Gasteiger partial charge in [0.2, 0.25) is 5.78 Å². The van der Waals surface area contributed by atoms with Gasteiger partial charge in [-0.1, -0.05) is 38.3 Å². The standard InChI is InChI=1S/C35H47FO7/c1-20-16-27-26-13-12-24-17-25(37)14-15-32(24,2)34(26,36)28(38)18-33(27,3)35(20,42)29(39)19-43-31(41)23-10-8-22(9-11-23)30(40)21-6-4-5-7-21/h14-15,17,20-23,26-28,38,42H,4-13,16,18-19H2,1-3H3/t20-,22-,23-,26+,27+,28+,32+,33+,34+,35+/m1/s1. The first-order valence-electron chi connectivity index (χ1n) is 16.5. The molecular weight excluding hydrogens is 551 g/mol. The number of carbonyl (C=O) groups is 4. The molecule has 0 bridgehead atoms. The molecule has 5 fully saturated rings. The first kappa shape index (κ1) is 30.8. The lowest BCUT2D eigenvalue weighted by Crippen LogP contribution is -2.69. The Balaban J connectivity index is 1.13. The van der Waals surface area contributed by atoms with E-state index in [9.17, 15) is 29.4 Å². The third-order valence-corrected chi connectivity index (χ3v) is 13.2. The van der Waals surface area contributed by atoms with Gasteiger partial charge in [0, 0.05) is 28.6 Å². The average molecular weight is 599 g/mol. The Morgan fingerprint density at radius 2 is 1.60 bits per heavy atom. The molecule has 8 atom stereocenters. The van der Waals surface area contributed by atoms with Crippen LogP contribution in [0.5, 0.6) is 0 Å². The van der Waals surface area contributed by atoms with Crippen LogP contribution in [0.15, 0.2) is 23.8 Å². The molecule has 2 N–H and O–H groups in total. The molecule has 0 radical (unpaired) electrons. The normalized spacial score (nSPS) is 46.0. The summed E-state index contributed by atoms with van der Waals surface area (Å²) in [6.07, 6.45) is 10.8. The number of allylic oxidation sites excluding steroid dienone is 4. The van der Waals surface area contributed by atoms with Gasteiger partial charge in [-0.3, -0.25) is 19.2 Å². The fourth-order valence-electron chi connectivity index (χ4n) is 10.7. The number of hydrogen-bond donors (Lipinski definition) is 2. The molecule has 236 valence electrons. The van der Waals surface area contributed by atoms with Crippen molar-refractivity contribution in [2.45, 2.75) is 115 Å². The van der Waals surface area contributed by atoms with Gasteiger partial charge >= 0.3 is 5.97 Å². The summed E-state index contributed by atoms with van der Waals surface area (Å²) in [6, 6.07) is 0. The number of carbonyl (C=O) groups excluding carboxylic acids is 4. The first-order valence-corrected chi connectivity index (χ1v) is 16.5. The van der Waals surface area contributed by atoms with Crippen LogP contribution in [0, 0.1) is 46.3 Å². The Kier molecular flexibility index (Phi) is 7.68. The minimum atomic E-state index is -2.04. The zero-order valence-corrected chi connectivity index (χ0v) is 25.8. The number of hydrogen-bond acceptors (Lipinski definition) is 7. The third-order valence-electron chi connectivity index (χ3n) is 13.2. The monoisotopic (exact) mass is 598 g/mol. The molecule has 0 heterocycles. The second kappa shape index (κ2) is 10.7. The maximum atomic E-state index is 17.4. The van der Waals surface area contributed by atoms with E-state index in [1.54, 1.807) is 26.8 Å². The summed E-state index contributed by atoms with van der Waals surface area (Å²) in [6.45, 7) is 4.74. The fraction of sp³-hybridized carbons (Fsp3) is 0.771. The second-order valence-corrected chi connectivity index (χ2v) is 15.1. The number of aliphatic hydroxyl groups is 2. The van der Waals surface area contributed by atoms with Gasteiger partial charge in [-0.25, -0.2) is 4.39 Å². The molecule has 0 saturated heterocycles. The molecule has 0 unspecified atom stereocenters. The predicted octanol–water partition coefficient (Wildman–Crippen LogP) is 5.01. The van der Waals surface area contributed by atoms with Gasteiger partial charge in [0.25, 0.3) is 0 Å². The molecule has 6 aliphatic rings. The summed E-state index contributed by atoms with van der Waals surface area (Å²) in [5, 5.41) is 23.7. The highest BCUT2D eigenvalue weighted by molar-refractivity contribution is 6.01. The number of alkyl halides is 1. The summed E-state index contributed by atoms with van der Waals surface area (Å²) in [5.41, 5.74) is -5.50. The topological polar surface area (TPSA) is 118 Å². The van der Waals surface area contributed by atoms with E-state index in [1.807, 2.05) is 0 Å².